The molecule has 0 aliphatic carbocycles. The minimum Gasteiger partial charge on any atom is -0.335 e. The second-order valence-corrected chi connectivity index (χ2v) is 7.38. The SMILES string of the molecule is CCN1Cc2cc(-c3ccc(/C=C4\NC(=S)NC4=O)s3)ccc2C1=O. The molecule has 2 N–H and O–H groups in total. The zero-order valence-electron chi connectivity index (χ0n) is 13.5. The van der Waals surface area contributed by atoms with Crippen LogP contribution in [-0.4, -0.2) is 28.4 Å². The average molecular weight is 369 g/mol. The van der Waals surface area contributed by atoms with Crippen LogP contribution in [0.3, 0.4) is 0 Å². The lowest BCUT2D eigenvalue weighted by molar-refractivity contribution is -0.115. The molecule has 4 rings (SSSR count). The average Bonchev–Trinajstić information content (AvgIpc) is 3.26. The monoisotopic (exact) mass is 369 g/mol. The van der Waals surface area contributed by atoms with Crippen molar-refractivity contribution in [1.82, 2.24) is 15.5 Å². The summed E-state index contributed by atoms with van der Waals surface area (Å²) in [6.45, 7) is 3.38. The van der Waals surface area contributed by atoms with Crippen molar-refractivity contribution in [2.24, 2.45) is 0 Å². The molecule has 2 aliphatic heterocycles. The summed E-state index contributed by atoms with van der Waals surface area (Å²) in [5, 5.41) is 5.73. The summed E-state index contributed by atoms with van der Waals surface area (Å²) in [6, 6.07) is 9.97. The van der Waals surface area contributed by atoms with Gasteiger partial charge in [0, 0.05) is 28.4 Å². The quantitative estimate of drug-likeness (QED) is 0.645. The van der Waals surface area contributed by atoms with Crippen LogP contribution in [0.2, 0.25) is 0 Å². The first-order valence-electron chi connectivity index (χ1n) is 7.91. The van der Waals surface area contributed by atoms with Crippen LogP contribution in [0.5, 0.6) is 0 Å². The third-order valence-electron chi connectivity index (χ3n) is 4.28. The summed E-state index contributed by atoms with van der Waals surface area (Å²) >= 11 is 6.52. The van der Waals surface area contributed by atoms with Crippen LogP contribution in [-0.2, 0) is 11.3 Å². The Kier molecular flexibility index (Phi) is 3.89. The number of nitrogens with one attached hydrogen (secondary N) is 2. The number of rotatable bonds is 3. The number of hydrogen-bond acceptors (Lipinski definition) is 4. The first kappa shape index (κ1) is 16.0. The maximum absolute atomic E-state index is 12.2. The molecule has 1 aromatic heterocycles. The molecule has 0 spiro atoms. The molecule has 1 saturated heterocycles. The fourth-order valence-electron chi connectivity index (χ4n) is 3.00. The Morgan fingerprint density at radius 1 is 1.24 bits per heavy atom. The highest BCUT2D eigenvalue weighted by molar-refractivity contribution is 7.80. The van der Waals surface area contributed by atoms with Gasteiger partial charge >= 0.3 is 0 Å². The minimum absolute atomic E-state index is 0.106. The first-order chi connectivity index (χ1) is 12.0. The summed E-state index contributed by atoms with van der Waals surface area (Å²) in [7, 11) is 0. The highest BCUT2D eigenvalue weighted by Crippen LogP contribution is 2.33. The van der Waals surface area contributed by atoms with E-state index in [-0.39, 0.29) is 11.8 Å². The smallest absolute Gasteiger partial charge is 0.273 e. The van der Waals surface area contributed by atoms with Crippen molar-refractivity contribution in [3.8, 4) is 10.4 Å². The Morgan fingerprint density at radius 2 is 2.08 bits per heavy atom. The van der Waals surface area contributed by atoms with Gasteiger partial charge in [0.15, 0.2) is 5.11 Å². The van der Waals surface area contributed by atoms with Crippen LogP contribution in [0.25, 0.3) is 16.5 Å². The third kappa shape index (κ3) is 2.85. The summed E-state index contributed by atoms with van der Waals surface area (Å²) in [6.07, 6.45) is 1.79. The lowest BCUT2D eigenvalue weighted by atomic mass is 10.1. The van der Waals surface area contributed by atoms with Crippen molar-refractivity contribution in [1.29, 1.82) is 0 Å². The van der Waals surface area contributed by atoms with E-state index in [0.29, 0.717) is 17.4 Å². The lowest BCUT2D eigenvalue weighted by Gasteiger charge is -2.10. The largest absolute Gasteiger partial charge is 0.335 e. The molecule has 0 bridgehead atoms. The lowest BCUT2D eigenvalue weighted by Crippen LogP contribution is -2.22. The van der Waals surface area contributed by atoms with Gasteiger partial charge in [-0.05, 0) is 60.6 Å². The maximum Gasteiger partial charge on any atom is 0.273 e. The highest BCUT2D eigenvalue weighted by atomic mass is 32.1. The van der Waals surface area contributed by atoms with Gasteiger partial charge < -0.3 is 10.2 Å². The van der Waals surface area contributed by atoms with E-state index in [4.69, 9.17) is 12.2 Å². The Morgan fingerprint density at radius 3 is 2.80 bits per heavy atom. The number of carbonyl (C=O) groups is 2. The Balaban J connectivity index is 1.62. The molecule has 1 fully saturated rings. The van der Waals surface area contributed by atoms with Crippen LogP contribution >= 0.6 is 23.6 Å². The van der Waals surface area contributed by atoms with Crippen LogP contribution in [0.15, 0.2) is 36.0 Å². The van der Waals surface area contributed by atoms with E-state index < -0.39 is 0 Å². The van der Waals surface area contributed by atoms with Crippen molar-refractivity contribution >= 4 is 46.6 Å². The van der Waals surface area contributed by atoms with Crippen LogP contribution < -0.4 is 10.6 Å². The van der Waals surface area contributed by atoms with E-state index in [1.165, 1.54) is 0 Å². The van der Waals surface area contributed by atoms with Crippen molar-refractivity contribution in [3.05, 3.63) is 52.0 Å². The fourth-order valence-corrected chi connectivity index (χ4v) is 4.15. The molecule has 25 heavy (non-hydrogen) atoms. The van der Waals surface area contributed by atoms with Crippen molar-refractivity contribution in [3.63, 3.8) is 0 Å². The summed E-state index contributed by atoms with van der Waals surface area (Å²) in [4.78, 5) is 27.8. The number of nitrogens with zero attached hydrogens (tertiary/aromatic N) is 1. The summed E-state index contributed by atoms with van der Waals surface area (Å²) < 4.78 is 0. The summed E-state index contributed by atoms with van der Waals surface area (Å²) in [5.74, 6) is -0.106. The van der Waals surface area contributed by atoms with Gasteiger partial charge in [-0.25, -0.2) is 0 Å². The van der Waals surface area contributed by atoms with Crippen molar-refractivity contribution in [2.75, 3.05) is 6.54 Å². The molecular weight excluding hydrogens is 354 g/mol. The number of thiophene rings is 1. The zero-order chi connectivity index (χ0) is 17.6. The molecule has 2 aromatic rings. The van der Waals surface area contributed by atoms with Gasteiger partial charge in [0.05, 0.1) is 0 Å². The van der Waals surface area contributed by atoms with Crippen LogP contribution in [0.4, 0.5) is 0 Å². The molecule has 126 valence electrons. The molecule has 7 heteroatoms. The molecule has 0 saturated carbocycles. The highest BCUT2D eigenvalue weighted by Gasteiger charge is 2.26. The number of carbonyl (C=O) groups excluding carboxylic acids is 2. The van der Waals surface area contributed by atoms with E-state index in [2.05, 4.69) is 16.7 Å². The third-order valence-corrected chi connectivity index (χ3v) is 5.57. The zero-order valence-corrected chi connectivity index (χ0v) is 15.1. The van der Waals surface area contributed by atoms with Crippen molar-refractivity contribution in [2.45, 2.75) is 13.5 Å². The molecular formula is C18H15N3O2S2. The second kappa shape index (κ2) is 6.09. The molecule has 1 aromatic carbocycles. The number of thiocarbonyl (C=S) groups is 1. The van der Waals surface area contributed by atoms with E-state index in [9.17, 15) is 9.59 Å². The molecule has 2 amide bonds. The van der Waals surface area contributed by atoms with E-state index in [1.807, 2.05) is 36.1 Å². The van der Waals surface area contributed by atoms with Crippen LogP contribution in [0, 0.1) is 0 Å². The molecule has 0 atom stereocenters. The molecule has 3 heterocycles. The Hall–Kier alpha value is -2.51. The van der Waals surface area contributed by atoms with Crippen LogP contribution in [0.1, 0.15) is 27.7 Å². The van der Waals surface area contributed by atoms with Gasteiger partial charge in [-0.15, -0.1) is 11.3 Å². The molecule has 2 aliphatic rings. The standard InChI is InChI=1S/C18H15N3O2S2/c1-2-21-9-11-7-10(3-5-13(11)17(21)23)15-6-4-12(25-15)8-14-16(22)20-18(24)19-14/h3-8H,2,9H2,1H3,(H2,19,20,22,24)/b14-8-. The predicted octanol–water partition coefficient (Wildman–Crippen LogP) is 2.74. The minimum atomic E-state index is -0.212. The van der Waals surface area contributed by atoms with E-state index in [1.54, 1.807) is 17.4 Å². The summed E-state index contributed by atoms with van der Waals surface area (Å²) in [5.41, 5.74) is 3.40. The van der Waals surface area contributed by atoms with Gasteiger partial charge in [-0.2, -0.15) is 0 Å². The maximum atomic E-state index is 12.2. The van der Waals surface area contributed by atoms with Gasteiger partial charge in [-0.3, -0.25) is 14.9 Å². The molecule has 5 nitrogen and oxygen atoms in total. The fraction of sp³-hybridized carbons (Fsp3) is 0.167. The van der Waals surface area contributed by atoms with Crippen molar-refractivity contribution < 1.29 is 9.59 Å². The van der Waals surface area contributed by atoms with E-state index in [0.717, 1.165) is 33.0 Å². The molecule has 0 unspecified atom stereocenters. The van der Waals surface area contributed by atoms with Gasteiger partial charge in [0.2, 0.25) is 0 Å². The number of fused-ring (bicyclic) bond motifs is 1. The first-order valence-corrected chi connectivity index (χ1v) is 9.14. The van der Waals surface area contributed by atoms with E-state index >= 15 is 0 Å². The number of amides is 2. The topological polar surface area (TPSA) is 61.4 Å². The van der Waals surface area contributed by atoms with Gasteiger partial charge in [0.1, 0.15) is 5.70 Å². The van der Waals surface area contributed by atoms with Gasteiger partial charge in [0.25, 0.3) is 11.8 Å². The molecule has 0 radical (unpaired) electrons. The Bertz CT molecular complexity index is 946. The Labute approximate surface area is 154 Å². The number of hydrogen-bond donors (Lipinski definition) is 2. The van der Waals surface area contributed by atoms with Gasteiger partial charge in [-0.1, -0.05) is 6.07 Å². The predicted molar refractivity (Wildman–Crippen MR) is 102 cm³/mol. The number of benzene rings is 1. The normalized spacial score (nSPS) is 17.9. The second-order valence-electron chi connectivity index (χ2n) is 5.86.